The molecule has 2 rings (SSSR count). The minimum atomic E-state index is -1.21. The summed E-state index contributed by atoms with van der Waals surface area (Å²) >= 11 is 0. The fraction of sp³-hybridized carbons (Fsp3) is 0.615. The van der Waals surface area contributed by atoms with E-state index in [2.05, 4.69) is 4.98 Å². The van der Waals surface area contributed by atoms with Crippen molar-refractivity contribution in [2.24, 2.45) is 0 Å². The minimum absolute atomic E-state index is 0.232. The van der Waals surface area contributed by atoms with E-state index in [4.69, 9.17) is 0 Å². The van der Waals surface area contributed by atoms with Crippen LogP contribution < -0.4 is 0 Å². The Bertz CT molecular complexity index is 389. The van der Waals surface area contributed by atoms with Crippen LogP contribution in [0.2, 0.25) is 0 Å². The molecule has 1 aliphatic heterocycles. The van der Waals surface area contributed by atoms with Crippen molar-refractivity contribution < 1.29 is 20.4 Å². The molecule has 1 fully saturated rings. The van der Waals surface area contributed by atoms with E-state index in [1.165, 1.54) is 0 Å². The molecule has 1 saturated heterocycles. The zero-order valence-corrected chi connectivity index (χ0v) is 10.6. The van der Waals surface area contributed by atoms with Crippen molar-refractivity contribution in [1.29, 1.82) is 0 Å². The highest BCUT2D eigenvalue weighted by Crippen LogP contribution is 2.19. The van der Waals surface area contributed by atoms with Gasteiger partial charge in [-0.3, -0.25) is 9.88 Å². The maximum Gasteiger partial charge on any atom is 0.109 e. The number of aliphatic hydroxyl groups excluding tert-OH is 4. The maximum absolute atomic E-state index is 9.85. The molecule has 6 heteroatoms. The van der Waals surface area contributed by atoms with Crippen LogP contribution in [0, 0.1) is 0 Å². The van der Waals surface area contributed by atoms with E-state index in [0.717, 1.165) is 5.69 Å². The molecule has 1 aromatic rings. The first kappa shape index (κ1) is 14.4. The predicted molar refractivity (Wildman–Crippen MR) is 68.4 cm³/mol. The van der Waals surface area contributed by atoms with Crippen LogP contribution in [0.5, 0.6) is 0 Å². The summed E-state index contributed by atoms with van der Waals surface area (Å²) in [7, 11) is 0. The van der Waals surface area contributed by atoms with Gasteiger partial charge in [0.25, 0.3) is 0 Å². The van der Waals surface area contributed by atoms with Gasteiger partial charge in [-0.25, -0.2) is 0 Å². The first-order valence-electron chi connectivity index (χ1n) is 6.42. The van der Waals surface area contributed by atoms with E-state index >= 15 is 0 Å². The molecule has 1 aromatic heterocycles. The molecule has 2 heterocycles. The molecule has 4 N–H and O–H groups in total. The van der Waals surface area contributed by atoms with Crippen molar-refractivity contribution in [3.63, 3.8) is 0 Å². The third kappa shape index (κ3) is 3.29. The monoisotopic (exact) mass is 268 g/mol. The zero-order valence-electron chi connectivity index (χ0n) is 10.6. The number of piperidine rings is 1. The third-order valence-corrected chi connectivity index (χ3v) is 3.60. The average molecular weight is 268 g/mol. The third-order valence-electron chi connectivity index (χ3n) is 3.60. The number of pyridine rings is 1. The summed E-state index contributed by atoms with van der Waals surface area (Å²) < 4.78 is 0. The highest BCUT2D eigenvalue weighted by molar-refractivity contribution is 5.04. The molecule has 0 amide bonds. The molecule has 0 aliphatic carbocycles. The van der Waals surface area contributed by atoms with E-state index in [9.17, 15) is 20.4 Å². The van der Waals surface area contributed by atoms with Crippen LogP contribution >= 0.6 is 0 Å². The number of hydrogen-bond acceptors (Lipinski definition) is 6. The first-order chi connectivity index (χ1) is 9.13. The van der Waals surface area contributed by atoms with Gasteiger partial charge in [0, 0.05) is 31.4 Å². The van der Waals surface area contributed by atoms with E-state index in [1.807, 2.05) is 18.2 Å². The highest BCUT2D eigenvalue weighted by Gasteiger charge is 2.40. The molecule has 0 aromatic carbocycles. The summed E-state index contributed by atoms with van der Waals surface area (Å²) in [5.74, 6) is 0. The summed E-state index contributed by atoms with van der Waals surface area (Å²) in [6, 6.07) is 5.09. The van der Waals surface area contributed by atoms with Crippen LogP contribution in [0.4, 0.5) is 0 Å². The Morgan fingerprint density at radius 1 is 1.21 bits per heavy atom. The Morgan fingerprint density at radius 3 is 2.63 bits per heavy atom. The number of hydrogen-bond donors (Lipinski definition) is 4. The lowest BCUT2D eigenvalue weighted by Gasteiger charge is -2.43. The average Bonchev–Trinajstić information content (AvgIpc) is 2.44. The van der Waals surface area contributed by atoms with Gasteiger partial charge in [-0.2, -0.15) is 0 Å². The van der Waals surface area contributed by atoms with Gasteiger partial charge in [0.1, 0.15) is 12.2 Å². The van der Waals surface area contributed by atoms with Crippen LogP contribution in [0.1, 0.15) is 5.69 Å². The van der Waals surface area contributed by atoms with E-state index in [0.29, 0.717) is 13.0 Å². The van der Waals surface area contributed by atoms with Gasteiger partial charge < -0.3 is 20.4 Å². The minimum Gasteiger partial charge on any atom is -0.395 e. The van der Waals surface area contributed by atoms with Gasteiger partial charge in [-0.05, 0) is 12.1 Å². The highest BCUT2D eigenvalue weighted by atomic mass is 16.4. The van der Waals surface area contributed by atoms with Gasteiger partial charge in [0.2, 0.25) is 0 Å². The topological polar surface area (TPSA) is 97.0 Å². The lowest BCUT2D eigenvalue weighted by Crippen LogP contribution is -2.62. The van der Waals surface area contributed by atoms with E-state index < -0.39 is 24.4 Å². The first-order valence-corrected chi connectivity index (χ1v) is 6.42. The van der Waals surface area contributed by atoms with Crippen molar-refractivity contribution >= 4 is 0 Å². The van der Waals surface area contributed by atoms with Gasteiger partial charge in [0.05, 0.1) is 18.8 Å². The molecule has 0 saturated carbocycles. The predicted octanol–water partition coefficient (Wildman–Crippen LogP) is -1.62. The van der Waals surface area contributed by atoms with Crippen LogP contribution in [0.15, 0.2) is 24.4 Å². The quantitative estimate of drug-likeness (QED) is 0.524. The molecule has 0 unspecified atom stereocenters. The molecule has 1 aliphatic rings. The van der Waals surface area contributed by atoms with Crippen molar-refractivity contribution in [2.75, 3.05) is 19.7 Å². The number of aromatic nitrogens is 1. The smallest absolute Gasteiger partial charge is 0.109 e. The Balaban J connectivity index is 1.98. The molecule has 6 nitrogen and oxygen atoms in total. The zero-order chi connectivity index (χ0) is 13.8. The Hall–Kier alpha value is -1.05. The molecular formula is C13H20N2O4. The van der Waals surface area contributed by atoms with Gasteiger partial charge in [0.15, 0.2) is 0 Å². The van der Waals surface area contributed by atoms with Crippen LogP contribution in [-0.4, -0.2) is 74.4 Å². The van der Waals surface area contributed by atoms with Crippen LogP contribution in [0.3, 0.4) is 0 Å². The summed E-state index contributed by atoms with van der Waals surface area (Å²) in [5, 5.41) is 38.5. The molecule has 4 atom stereocenters. The van der Waals surface area contributed by atoms with Crippen LogP contribution in [0.25, 0.3) is 0 Å². The summed E-state index contributed by atoms with van der Waals surface area (Å²) in [4.78, 5) is 5.99. The van der Waals surface area contributed by atoms with Gasteiger partial charge in [-0.15, -0.1) is 0 Å². The second-order valence-corrected chi connectivity index (χ2v) is 4.86. The Kier molecular flexibility index (Phi) is 4.84. The fourth-order valence-corrected chi connectivity index (χ4v) is 2.44. The summed E-state index contributed by atoms with van der Waals surface area (Å²) in [6.45, 7) is 0.534. The molecular weight excluding hydrogens is 248 g/mol. The summed E-state index contributed by atoms with van der Waals surface area (Å²) in [6.07, 6.45) is -0.975. The van der Waals surface area contributed by atoms with Crippen molar-refractivity contribution in [1.82, 2.24) is 9.88 Å². The Labute approximate surface area is 112 Å². The van der Waals surface area contributed by atoms with Crippen LogP contribution in [-0.2, 0) is 6.42 Å². The van der Waals surface area contributed by atoms with Gasteiger partial charge >= 0.3 is 0 Å². The largest absolute Gasteiger partial charge is 0.395 e. The number of likely N-dealkylation sites (tertiary alicyclic amines) is 1. The lowest BCUT2D eigenvalue weighted by molar-refractivity contribution is -0.144. The number of nitrogens with zero attached hydrogens (tertiary/aromatic N) is 2. The van der Waals surface area contributed by atoms with Crippen molar-refractivity contribution in [2.45, 2.75) is 30.8 Å². The van der Waals surface area contributed by atoms with E-state index in [-0.39, 0.29) is 13.2 Å². The van der Waals surface area contributed by atoms with Crippen molar-refractivity contribution in [3.8, 4) is 0 Å². The Morgan fingerprint density at radius 2 is 2.00 bits per heavy atom. The standard InChI is InChI=1S/C13H20N2O4/c16-8-10-12(18)13(19)11(17)7-15(10)6-4-9-3-1-2-5-14-9/h1-3,5,10-13,16-19H,4,6-8H2/t10-,11-,12+,13+/m0/s1. The number of rotatable bonds is 4. The lowest BCUT2D eigenvalue weighted by atomic mass is 9.94. The normalized spacial score (nSPS) is 32.4. The number of aliphatic hydroxyl groups is 4. The van der Waals surface area contributed by atoms with Crippen molar-refractivity contribution in [3.05, 3.63) is 30.1 Å². The molecule has 0 radical (unpaired) electrons. The second-order valence-electron chi connectivity index (χ2n) is 4.86. The maximum atomic E-state index is 9.85. The molecule has 106 valence electrons. The number of β-amino-alcohol motifs (C(OH)–C–C–N with tert-alkyl or cyclic N) is 1. The molecule has 0 spiro atoms. The second kappa shape index (κ2) is 6.40. The summed E-state index contributed by atoms with van der Waals surface area (Å²) in [5.41, 5.74) is 0.911. The molecule has 19 heavy (non-hydrogen) atoms. The molecule has 0 bridgehead atoms. The SMILES string of the molecule is OC[C@H]1[C@@H](O)[C@H](O)[C@@H](O)CN1CCc1ccccn1. The van der Waals surface area contributed by atoms with Gasteiger partial charge in [-0.1, -0.05) is 6.07 Å². The fourth-order valence-electron chi connectivity index (χ4n) is 2.44. The van der Waals surface area contributed by atoms with E-state index in [1.54, 1.807) is 11.1 Å².